The molecule has 0 N–H and O–H groups in total. The second-order valence-corrected chi connectivity index (χ2v) is 27.5. The summed E-state index contributed by atoms with van der Waals surface area (Å²) in [6, 6.07) is 80.4. The second-order valence-electron chi connectivity index (χ2n) is 27.5. The number of rotatable bonds is 11. The van der Waals surface area contributed by atoms with E-state index in [9.17, 15) is 26.3 Å². The molecule has 0 saturated carbocycles. The van der Waals surface area contributed by atoms with Crippen LogP contribution in [0.2, 0.25) is 0 Å². The van der Waals surface area contributed by atoms with Crippen LogP contribution >= 0.6 is 0 Å². The van der Waals surface area contributed by atoms with Gasteiger partial charge in [0.05, 0.1) is 5.41 Å². The van der Waals surface area contributed by atoms with Gasteiger partial charge in [-0.25, -0.2) is 0 Å². The molecular formula is C94H94F6O2. The summed E-state index contributed by atoms with van der Waals surface area (Å²) >= 11 is 0. The van der Waals surface area contributed by atoms with E-state index in [1.807, 2.05) is 12.1 Å². The number of hydrogen-bond donors (Lipinski definition) is 0. The van der Waals surface area contributed by atoms with Crippen molar-refractivity contribution in [2.75, 3.05) is 0 Å². The van der Waals surface area contributed by atoms with E-state index >= 15 is 0 Å². The number of aryl methyl sites for hydroxylation is 16. The molecular weight excluding hydrogens is 1280 g/mol. The standard InChI is InChI=1S/C41H34O2.C19H18F6.C17H20.C16H18.CH4/c1-27-13-19-35(25-29(27)3)42-33-21-15-31(16-22-33)41(39-11-7-5-9-37(39)38-10-6-8-12-40(38)41)32-17-23-34(24-18-32)43-36-20-14-28(2)30(4)26-36;1-11-5-7-15(9-13(11)3)17(18(20,21)22,19(23,24)25)16-8-6-12(2)14(4)10-16;1-12-5-7-16(9-14(12)3)11-17-8-6-13(2)15(4)10-17;1-11-5-7-15(9-13(11)3)16-8-6-12(2)14(4)10-16;/h5-26H,1-4H3;5-10H,1-4H3;5-10H,11H2,1-4H3;5-10H,1-4H3;1H4. The van der Waals surface area contributed by atoms with Gasteiger partial charge in [0.15, 0.2) is 0 Å². The molecule has 8 heteroatoms. The van der Waals surface area contributed by atoms with Gasteiger partial charge in [-0.3, -0.25) is 0 Å². The first-order valence-corrected chi connectivity index (χ1v) is 34.4. The summed E-state index contributed by atoms with van der Waals surface area (Å²) in [7, 11) is 0. The zero-order valence-corrected chi connectivity index (χ0v) is 60.9. The SMILES string of the molecule is C.Cc1ccc(-c2ccc(C)c(C)c2)cc1C.Cc1ccc(C(c2ccc(C)c(C)c2)(C(F)(F)F)C(F)(F)F)cc1C.Cc1ccc(Cc2ccc(C)c(C)c2)cc1C.Cc1ccc(Oc2ccc(C3(c4ccc(Oc5ccc(C)c(C)c5)cc4)c4ccccc4-c4ccccc43)cc2)cc1C. The molecule has 0 heterocycles. The van der Waals surface area contributed by atoms with Crippen molar-refractivity contribution in [2.45, 2.75) is 148 Å². The predicted molar refractivity (Wildman–Crippen MR) is 413 cm³/mol. The Morgan fingerprint density at radius 1 is 0.265 bits per heavy atom. The molecule has 0 saturated heterocycles. The van der Waals surface area contributed by atoms with Crippen molar-refractivity contribution >= 4 is 0 Å². The topological polar surface area (TPSA) is 18.5 Å². The summed E-state index contributed by atoms with van der Waals surface area (Å²) in [6.07, 6.45) is -10.1. The first-order chi connectivity index (χ1) is 47.9. The van der Waals surface area contributed by atoms with Gasteiger partial charge in [0.25, 0.3) is 0 Å². The number of fused-ring (bicyclic) bond motifs is 3. The fourth-order valence-electron chi connectivity index (χ4n) is 13.2. The highest BCUT2D eigenvalue weighted by Crippen LogP contribution is 2.58. The van der Waals surface area contributed by atoms with Crippen molar-refractivity contribution < 1.29 is 35.8 Å². The van der Waals surface area contributed by atoms with Crippen LogP contribution in [0.5, 0.6) is 23.0 Å². The van der Waals surface area contributed by atoms with Crippen molar-refractivity contribution in [3.05, 3.63) is 376 Å². The Labute approximate surface area is 601 Å². The molecule has 0 spiro atoms. The lowest BCUT2D eigenvalue weighted by Gasteiger charge is -2.38. The highest BCUT2D eigenvalue weighted by Gasteiger charge is 2.72. The van der Waals surface area contributed by atoms with Crippen LogP contribution in [0.3, 0.4) is 0 Å². The van der Waals surface area contributed by atoms with Crippen LogP contribution in [-0.2, 0) is 17.3 Å². The molecule has 2 nitrogen and oxygen atoms in total. The molecule has 0 aromatic heterocycles. The molecule has 524 valence electrons. The normalized spacial score (nSPS) is 12.1. The van der Waals surface area contributed by atoms with Crippen molar-refractivity contribution in [1.29, 1.82) is 0 Å². The van der Waals surface area contributed by atoms with E-state index in [0.29, 0.717) is 22.3 Å². The third kappa shape index (κ3) is 16.1. The zero-order valence-electron chi connectivity index (χ0n) is 60.9. The van der Waals surface area contributed by atoms with E-state index in [2.05, 4.69) is 277 Å². The summed E-state index contributed by atoms with van der Waals surface area (Å²) in [5, 5.41) is 0. The molecule has 1 aliphatic carbocycles. The Balaban J connectivity index is 0.000000174. The molecule has 0 amide bonds. The van der Waals surface area contributed by atoms with Crippen LogP contribution in [0.25, 0.3) is 22.3 Å². The van der Waals surface area contributed by atoms with Gasteiger partial charge in [-0.15, -0.1) is 0 Å². The lowest BCUT2D eigenvalue weighted by Crippen LogP contribution is -2.54. The van der Waals surface area contributed by atoms with Gasteiger partial charge >= 0.3 is 12.4 Å². The Bertz CT molecular complexity index is 4640. The van der Waals surface area contributed by atoms with Gasteiger partial charge in [-0.1, -0.05) is 202 Å². The first kappa shape index (κ1) is 76.0. The summed E-state index contributed by atoms with van der Waals surface area (Å²) in [6.45, 7) is 32.1. The van der Waals surface area contributed by atoms with Crippen LogP contribution in [0.1, 0.15) is 141 Å². The number of halogens is 6. The Kier molecular flexibility index (Phi) is 23.4. The molecule has 12 aromatic rings. The molecule has 102 heavy (non-hydrogen) atoms. The largest absolute Gasteiger partial charge is 0.457 e. The maximum absolute atomic E-state index is 14.0. The average Bonchev–Trinajstić information content (AvgIpc) is 1.37. The van der Waals surface area contributed by atoms with Crippen LogP contribution < -0.4 is 9.47 Å². The van der Waals surface area contributed by atoms with Gasteiger partial charge in [-0.2, -0.15) is 26.3 Å². The van der Waals surface area contributed by atoms with Gasteiger partial charge in [0.1, 0.15) is 23.0 Å². The van der Waals surface area contributed by atoms with Crippen LogP contribution in [0.15, 0.2) is 243 Å². The summed E-state index contributed by atoms with van der Waals surface area (Å²) < 4.78 is 96.5. The molecule has 0 aliphatic heterocycles. The minimum absolute atomic E-state index is 0. The highest BCUT2D eigenvalue weighted by atomic mass is 19.4. The lowest BCUT2D eigenvalue weighted by molar-refractivity contribution is -0.288. The zero-order chi connectivity index (χ0) is 72.9. The van der Waals surface area contributed by atoms with Gasteiger partial charge in [0.2, 0.25) is 5.41 Å². The Hall–Kier alpha value is -10.2. The van der Waals surface area contributed by atoms with E-state index in [0.717, 1.165) is 53.7 Å². The van der Waals surface area contributed by atoms with Crippen molar-refractivity contribution in [2.24, 2.45) is 0 Å². The Morgan fingerprint density at radius 2 is 0.539 bits per heavy atom. The second kappa shape index (κ2) is 31.4. The molecule has 12 aromatic carbocycles. The first-order valence-electron chi connectivity index (χ1n) is 34.4. The molecule has 0 bridgehead atoms. The molecule has 1 aliphatic rings. The van der Waals surface area contributed by atoms with Gasteiger partial charge in [-0.05, 0) is 322 Å². The van der Waals surface area contributed by atoms with Gasteiger partial charge in [0, 0.05) is 0 Å². The van der Waals surface area contributed by atoms with Crippen molar-refractivity contribution in [1.82, 2.24) is 0 Å². The third-order valence-electron chi connectivity index (χ3n) is 20.6. The number of benzene rings is 12. The minimum atomic E-state index is -5.55. The average molecular weight is 1370 g/mol. The van der Waals surface area contributed by atoms with Gasteiger partial charge < -0.3 is 9.47 Å². The van der Waals surface area contributed by atoms with Crippen molar-refractivity contribution in [3.8, 4) is 45.3 Å². The summed E-state index contributed by atoms with van der Waals surface area (Å²) in [4.78, 5) is 0. The van der Waals surface area contributed by atoms with Crippen LogP contribution in [0.4, 0.5) is 26.3 Å². The number of ether oxygens (including phenoxy) is 2. The number of hydrogen-bond acceptors (Lipinski definition) is 2. The minimum Gasteiger partial charge on any atom is -0.457 e. The van der Waals surface area contributed by atoms with E-state index in [4.69, 9.17) is 9.47 Å². The quantitative estimate of drug-likeness (QED) is 0.120. The lowest BCUT2D eigenvalue weighted by atomic mass is 9.68. The van der Waals surface area contributed by atoms with E-state index in [-0.39, 0.29) is 7.43 Å². The van der Waals surface area contributed by atoms with Crippen LogP contribution in [0, 0.1) is 111 Å². The number of alkyl halides is 6. The van der Waals surface area contributed by atoms with E-state index in [1.54, 1.807) is 13.8 Å². The molecule has 0 radical (unpaired) electrons. The summed E-state index contributed by atoms with van der Waals surface area (Å²) in [5.74, 6) is 3.33. The Morgan fingerprint density at radius 3 is 0.843 bits per heavy atom. The van der Waals surface area contributed by atoms with Crippen LogP contribution in [-0.4, -0.2) is 12.4 Å². The fourth-order valence-corrected chi connectivity index (χ4v) is 13.2. The monoisotopic (exact) mass is 1370 g/mol. The van der Waals surface area contributed by atoms with E-state index < -0.39 is 34.3 Å². The maximum atomic E-state index is 14.0. The van der Waals surface area contributed by atoms with E-state index in [1.165, 1.54) is 148 Å². The highest BCUT2D eigenvalue weighted by molar-refractivity contribution is 5.86. The molecule has 0 fully saturated rings. The smallest absolute Gasteiger partial charge is 0.411 e. The van der Waals surface area contributed by atoms with Crippen molar-refractivity contribution in [3.63, 3.8) is 0 Å². The fraction of sp³-hybridized carbons (Fsp3) is 0.234. The molecule has 0 atom stereocenters. The molecule has 13 rings (SSSR count). The maximum Gasteiger partial charge on any atom is 0.411 e. The predicted octanol–water partition coefficient (Wildman–Crippen LogP) is 26.9. The third-order valence-corrected chi connectivity index (χ3v) is 20.6. The molecule has 0 unspecified atom stereocenters. The summed E-state index contributed by atoms with van der Waals surface area (Å²) in [5.41, 5.74) is 24.6.